The number of unbranched alkanes of at least 4 members (excludes halogenated alkanes) is 19. The molecule has 1 rings (SSSR count). The lowest BCUT2D eigenvalue weighted by Crippen LogP contribution is -2.60. The highest BCUT2D eigenvalue weighted by atomic mass is 16.7. The topological polar surface area (TPSA) is 149 Å². The zero-order chi connectivity index (χ0) is 48.0. The van der Waals surface area contributed by atoms with Crippen molar-refractivity contribution in [2.45, 2.75) is 243 Å². The van der Waals surface area contributed by atoms with Gasteiger partial charge in [0, 0.05) is 6.42 Å². The fourth-order valence-electron chi connectivity index (χ4n) is 7.69. The first kappa shape index (κ1) is 61.1. The van der Waals surface area contributed by atoms with Gasteiger partial charge in [0.05, 0.1) is 25.4 Å². The van der Waals surface area contributed by atoms with Crippen LogP contribution in [0.1, 0.15) is 200 Å². The molecule has 1 heterocycles. The van der Waals surface area contributed by atoms with E-state index in [0.717, 1.165) is 89.9 Å². The first-order valence-electron chi connectivity index (χ1n) is 26.5. The van der Waals surface area contributed by atoms with E-state index in [-0.39, 0.29) is 12.5 Å². The van der Waals surface area contributed by atoms with Crippen LogP contribution in [-0.2, 0) is 14.3 Å². The van der Waals surface area contributed by atoms with Gasteiger partial charge in [0.2, 0.25) is 5.91 Å². The van der Waals surface area contributed by atoms with Gasteiger partial charge in [-0.3, -0.25) is 4.79 Å². The number of hydrogen-bond donors (Lipinski definition) is 6. The molecule has 0 aromatic rings. The zero-order valence-corrected chi connectivity index (χ0v) is 41.7. The molecule has 7 atom stereocenters. The molecule has 9 heteroatoms. The number of hydrogen-bond acceptors (Lipinski definition) is 8. The van der Waals surface area contributed by atoms with E-state index < -0.39 is 49.5 Å². The van der Waals surface area contributed by atoms with Crippen molar-refractivity contribution in [3.8, 4) is 0 Å². The van der Waals surface area contributed by atoms with Gasteiger partial charge in [0.15, 0.2) is 6.29 Å². The maximum Gasteiger partial charge on any atom is 0.220 e. The summed E-state index contributed by atoms with van der Waals surface area (Å²) in [6.07, 6.45) is 59.3. The second kappa shape index (κ2) is 45.9. The van der Waals surface area contributed by atoms with Gasteiger partial charge in [-0.25, -0.2) is 0 Å². The smallest absolute Gasteiger partial charge is 0.220 e. The summed E-state index contributed by atoms with van der Waals surface area (Å²) in [7, 11) is 0. The Hall–Kier alpha value is -2.89. The van der Waals surface area contributed by atoms with Crippen LogP contribution in [0, 0.1) is 0 Å². The molecule has 378 valence electrons. The molecule has 1 saturated heterocycles. The van der Waals surface area contributed by atoms with Crippen LogP contribution in [-0.4, -0.2) is 87.5 Å². The van der Waals surface area contributed by atoms with E-state index in [1.807, 2.05) is 6.08 Å². The largest absolute Gasteiger partial charge is 0.394 e. The second-order valence-corrected chi connectivity index (χ2v) is 17.9. The maximum absolute atomic E-state index is 12.9. The molecule has 1 fully saturated rings. The van der Waals surface area contributed by atoms with Crippen molar-refractivity contribution in [1.29, 1.82) is 0 Å². The summed E-state index contributed by atoms with van der Waals surface area (Å²) in [5, 5.41) is 54.0. The number of aliphatic hydroxyl groups excluding tert-OH is 5. The van der Waals surface area contributed by atoms with Crippen molar-refractivity contribution in [2.24, 2.45) is 0 Å². The Balaban J connectivity index is 2.08. The Morgan fingerprint density at radius 2 is 0.955 bits per heavy atom. The van der Waals surface area contributed by atoms with Crippen LogP contribution in [0.4, 0.5) is 0 Å². The van der Waals surface area contributed by atoms with Gasteiger partial charge in [-0.1, -0.05) is 214 Å². The van der Waals surface area contributed by atoms with Gasteiger partial charge >= 0.3 is 0 Å². The molecule has 0 aliphatic carbocycles. The lowest BCUT2D eigenvalue weighted by atomic mass is 9.99. The standard InChI is InChI=1S/C57H97NO8/c1-3-5-7-9-11-13-14-15-16-17-18-19-20-21-22-23-24-25-26-27-28-29-30-31-32-33-34-35-36-37-38-39-41-43-45-47-53(61)58-50(51(60)46-44-42-40-12-10-8-6-4-2)49-65-57-56(64)55(63)54(62)52(48-59)66-57/h5,7,10-13,15-16,18-19,21-22,24-25,44,46,50-52,54-57,59-60,62-64H,3-4,6,8-9,14,17,20,23,26-43,45,47-49H2,1-2H3,(H,58,61)/b7-5-,12-10+,13-11-,16-15-,19-18-,22-21-,25-24-,46-44+. The highest BCUT2D eigenvalue weighted by Gasteiger charge is 2.44. The summed E-state index contributed by atoms with van der Waals surface area (Å²) in [5.74, 6) is -0.194. The predicted octanol–water partition coefficient (Wildman–Crippen LogP) is 12.5. The number of rotatable bonds is 43. The molecule has 6 N–H and O–H groups in total. The molecular weight excluding hydrogens is 827 g/mol. The molecule has 0 radical (unpaired) electrons. The number of ether oxygens (including phenoxy) is 2. The SMILES string of the molecule is CC/C=C\C/C=C\C/C=C\C/C=C\C/C=C\C/C=C\CCCCCCCCCCCCCCCCCCC(=O)NC(COC1OC(CO)C(O)C(O)C1O)C(O)/C=C/CC/C=C/CCCC. The molecule has 1 aliphatic heterocycles. The zero-order valence-electron chi connectivity index (χ0n) is 41.7. The number of aliphatic hydroxyl groups is 5. The molecule has 1 aliphatic rings. The van der Waals surface area contributed by atoms with Crippen molar-refractivity contribution in [2.75, 3.05) is 13.2 Å². The molecule has 7 unspecified atom stereocenters. The van der Waals surface area contributed by atoms with Gasteiger partial charge in [-0.2, -0.15) is 0 Å². The third kappa shape index (κ3) is 35.3. The number of allylic oxidation sites excluding steroid dienone is 15. The monoisotopic (exact) mass is 924 g/mol. The van der Waals surface area contributed by atoms with Crippen LogP contribution in [0.5, 0.6) is 0 Å². The minimum atomic E-state index is -1.57. The molecule has 0 aromatic heterocycles. The first-order valence-corrected chi connectivity index (χ1v) is 26.5. The third-order valence-corrected chi connectivity index (χ3v) is 11.9. The Morgan fingerprint density at radius 1 is 0.530 bits per heavy atom. The Kier molecular flexibility index (Phi) is 42.5. The molecule has 1 amide bonds. The van der Waals surface area contributed by atoms with Crippen LogP contribution >= 0.6 is 0 Å². The van der Waals surface area contributed by atoms with E-state index in [1.54, 1.807) is 6.08 Å². The molecule has 9 nitrogen and oxygen atoms in total. The van der Waals surface area contributed by atoms with Crippen molar-refractivity contribution >= 4 is 5.91 Å². The summed E-state index contributed by atoms with van der Waals surface area (Å²) < 4.78 is 11.2. The number of amides is 1. The molecule has 0 saturated carbocycles. The summed E-state index contributed by atoms with van der Waals surface area (Å²) in [5.41, 5.74) is 0. The Bertz CT molecular complexity index is 1350. The molecule has 0 aromatic carbocycles. The average molecular weight is 924 g/mol. The van der Waals surface area contributed by atoms with E-state index in [4.69, 9.17) is 9.47 Å². The summed E-state index contributed by atoms with van der Waals surface area (Å²) in [4.78, 5) is 12.9. The summed E-state index contributed by atoms with van der Waals surface area (Å²) >= 11 is 0. The predicted molar refractivity (Wildman–Crippen MR) is 276 cm³/mol. The van der Waals surface area contributed by atoms with Crippen LogP contribution in [0.15, 0.2) is 97.2 Å². The number of nitrogens with one attached hydrogen (secondary N) is 1. The first-order chi connectivity index (χ1) is 32.3. The van der Waals surface area contributed by atoms with E-state index in [0.29, 0.717) is 6.42 Å². The second-order valence-electron chi connectivity index (χ2n) is 17.9. The fraction of sp³-hybridized carbons (Fsp3) is 0.702. The lowest BCUT2D eigenvalue weighted by molar-refractivity contribution is -0.302. The Labute approximate surface area is 403 Å². The molecule has 0 spiro atoms. The quantitative estimate of drug-likeness (QED) is 0.0262. The summed E-state index contributed by atoms with van der Waals surface area (Å²) in [6.45, 7) is 3.55. The minimum Gasteiger partial charge on any atom is -0.394 e. The van der Waals surface area contributed by atoms with Gasteiger partial charge in [0.1, 0.15) is 24.4 Å². The van der Waals surface area contributed by atoms with Crippen LogP contribution < -0.4 is 5.32 Å². The van der Waals surface area contributed by atoms with E-state index in [1.165, 1.54) is 89.9 Å². The maximum atomic E-state index is 12.9. The van der Waals surface area contributed by atoms with Crippen LogP contribution in [0.25, 0.3) is 0 Å². The highest BCUT2D eigenvalue weighted by molar-refractivity contribution is 5.76. The average Bonchev–Trinajstić information content (AvgIpc) is 3.32. The van der Waals surface area contributed by atoms with Crippen LogP contribution in [0.3, 0.4) is 0 Å². The van der Waals surface area contributed by atoms with Gasteiger partial charge in [-0.05, 0) is 77.0 Å². The van der Waals surface area contributed by atoms with Crippen molar-refractivity contribution in [3.63, 3.8) is 0 Å². The van der Waals surface area contributed by atoms with Gasteiger partial charge in [0.25, 0.3) is 0 Å². The third-order valence-electron chi connectivity index (χ3n) is 11.9. The van der Waals surface area contributed by atoms with E-state index in [9.17, 15) is 30.3 Å². The van der Waals surface area contributed by atoms with Crippen molar-refractivity contribution in [3.05, 3.63) is 97.2 Å². The van der Waals surface area contributed by atoms with E-state index in [2.05, 4.69) is 104 Å². The van der Waals surface area contributed by atoms with Crippen molar-refractivity contribution < 1.29 is 39.8 Å². The Morgan fingerprint density at radius 3 is 1.45 bits per heavy atom. The lowest BCUT2D eigenvalue weighted by Gasteiger charge is -2.40. The molecular formula is C57H97NO8. The minimum absolute atomic E-state index is 0.194. The van der Waals surface area contributed by atoms with Gasteiger partial charge < -0.3 is 40.3 Å². The fourth-order valence-corrected chi connectivity index (χ4v) is 7.69. The number of carbonyl (C=O) groups excluding carboxylic acids is 1. The molecule has 0 bridgehead atoms. The molecule has 66 heavy (non-hydrogen) atoms. The number of carbonyl (C=O) groups is 1. The van der Waals surface area contributed by atoms with E-state index >= 15 is 0 Å². The highest BCUT2D eigenvalue weighted by Crippen LogP contribution is 2.22. The van der Waals surface area contributed by atoms with Crippen LogP contribution in [0.2, 0.25) is 0 Å². The normalized spacial score (nSPS) is 20.6. The summed E-state index contributed by atoms with van der Waals surface area (Å²) in [6, 6.07) is -0.823. The van der Waals surface area contributed by atoms with Gasteiger partial charge in [-0.15, -0.1) is 0 Å². The van der Waals surface area contributed by atoms with Crippen molar-refractivity contribution in [1.82, 2.24) is 5.32 Å².